The molecule has 2 bridgehead atoms. The van der Waals surface area contributed by atoms with Crippen LogP contribution >= 0.6 is 0 Å². The highest BCUT2D eigenvalue weighted by Crippen LogP contribution is 2.48. The van der Waals surface area contributed by atoms with Gasteiger partial charge in [-0.25, -0.2) is 0 Å². The Morgan fingerprint density at radius 1 is 1.29 bits per heavy atom. The molecule has 2 amide bonds. The van der Waals surface area contributed by atoms with Crippen molar-refractivity contribution in [3.63, 3.8) is 0 Å². The smallest absolute Gasteiger partial charge is 0.242 e. The topological polar surface area (TPSA) is 148 Å². The number of carbonyl (C=O) groups is 2. The number of aromatic amines is 1. The van der Waals surface area contributed by atoms with Crippen molar-refractivity contribution in [1.82, 2.24) is 35.3 Å². The van der Waals surface area contributed by atoms with Gasteiger partial charge in [-0.15, -0.1) is 10.2 Å². The van der Waals surface area contributed by atoms with E-state index >= 15 is 0 Å². The summed E-state index contributed by atoms with van der Waals surface area (Å²) in [5.74, 6) is 0.924. The monoisotopic (exact) mass is 461 g/mol. The van der Waals surface area contributed by atoms with Gasteiger partial charge in [0.2, 0.25) is 17.6 Å². The highest BCUT2D eigenvalue weighted by Gasteiger charge is 2.56. The molecule has 4 heterocycles. The summed E-state index contributed by atoms with van der Waals surface area (Å²) >= 11 is 0. The lowest BCUT2D eigenvalue weighted by molar-refractivity contribution is -0.141. The maximum Gasteiger partial charge on any atom is 0.242 e. The van der Waals surface area contributed by atoms with Crippen LogP contribution in [0.5, 0.6) is 0 Å². The van der Waals surface area contributed by atoms with Crippen LogP contribution in [0.1, 0.15) is 37.8 Å². The number of aromatic nitrogens is 4. The molecular formula is C23H27N9O2. The number of nitriles is 1. The number of hydrogen-bond donors (Lipinski definition) is 2. The van der Waals surface area contributed by atoms with Gasteiger partial charge in [0.1, 0.15) is 6.04 Å². The van der Waals surface area contributed by atoms with E-state index in [9.17, 15) is 14.9 Å². The van der Waals surface area contributed by atoms with Gasteiger partial charge in [-0.1, -0.05) is 24.3 Å². The fourth-order valence-corrected chi connectivity index (χ4v) is 6.17. The van der Waals surface area contributed by atoms with Gasteiger partial charge >= 0.3 is 0 Å². The second kappa shape index (κ2) is 7.85. The van der Waals surface area contributed by atoms with Crippen LogP contribution in [0.2, 0.25) is 0 Å². The van der Waals surface area contributed by atoms with Crippen LogP contribution < -0.4 is 5.73 Å². The predicted octanol–water partition coefficient (Wildman–Crippen LogP) is 0.0531. The standard InChI is InChI=1S/C23H27N9O2/c1-12(13-2-4-14(5-3-13)21-26-28-29-27-21)31-17-8-20(23(31)34)30(10-17)11-18(25)22(33)32-16(9-24)6-15-7-19(15)32/h2-5,12,15-20H,6-8,10-11,25H2,1H3,(H,26,27,28,29)/t12-,15-,16+,17+,18+,19+,20+/m1/s1. The Morgan fingerprint density at radius 3 is 2.76 bits per heavy atom. The Morgan fingerprint density at radius 2 is 2.09 bits per heavy atom. The zero-order valence-electron chi connectivity index (χ0n) is 18.9. The average Bonchev–Trinajstić information content (AvgIpc) is 3.28. The SMILES string of the molecule is C[C@H](c1ccc(-c2nn[nH]n2)cc1)N1C(=O)[C@@H]2C[C@H]1CN2C[C@H](N)C(=O)N1[C@H](C#N)C[C@@H]2C[C@@H]21. The molecule has 176 valence electrons. The molecule has 4 aliphatic rings. The van der Waals surface area contributed by atoms with E-state index in [1.807, 2.05) is 36.1 Å². The number of nitrogens with two attached hydrogens (primary N) is 1. The fourth-order valence-electron chi connectivity index (χ4n) is 6.17. The van der Waals surface area contributed by atoms with Gasteiger partial charge in [-0.2, -0.15) is 10.5 Å². The van der Waals surface area contributed by atoms with E-state index in [0.29, 0.717) is 24.8 Å². The highest BCUT2D eigenvalue weighted by atomic mass is 16.2. The number of piperidine rings is 1. The van der Waals surface area contributed by atoms with Gasteiger partial charge in [-0.3, -0.25) is 14.5 Å². The largest absolute Gasteiger partial charge is 0.330 e. The van der Waals surface area contributed by atoms with Gasteiger partial charge in [0.15, 0.2) is 0 Å². The van der Waals surface area contributed by atoms with Crippen molar-refractivity contribution in [2.24, 2.45) is 11.7 Å². The van der Waals surface area contributed by atoms with Crippen LogP contribution in [0.15, 0.2) is 24.3 Å². The number of rotatable bonds is 6. The van der Waals surface area contributed by atoms with Gasteiger partial charge < -0.3 is 15.5 Å². The molecule has 7 atom stereocenters. The second-order valence-electron chi connectivity index (χ2n) is 9.93. The quantitative estimate of drug-likeness (QED) is 0.613. The van der Waals surface area contributed by atoms with E-state index in [2.05, 4.69) is 31.6 Å². The molecule has 3 N–H and O–H groups in total. The summed E-state index contributed by atoms with van der Waals surface area (Å²) in [7, 11) is 0. The minimum absolute atomic E-state index is 0.0629. The van der Waals surface area contributed by atoms with Gasteiger partial charge in [-0.05, 0) is 42.9 Å². The van der Waals surface area contributed by atoms with Crippen molar-refractivity contribution in [2.75, 3.05) is 13.1 Å². The summed E-state index contributed by atoms with van der Waals surface area (Å²) in [4.78, 5) is 32.0. The van der Waals surface area contributed by atoms with Crippen LogP contribution in [0.4, 0.5) is 0 Å². The summed E-state index contributed by atoms with van der Waals surface area (Å²) in [5, 5.41) is 23.4. The number of piperazine rings is 1. The molecule has 0 spiro atoms. The maximum absolute atomic E-state index is 13.3. The first-order valence-corrected chi connectivity index (χ1v) is 11.8. The fraction of sp³-hybridized carbons (Fsp3) is 0.565. The summed E-state index contributed by atoms with van der Waals surface area (Å²) in [6.07, 6.45) is 2.49. The first-order chi connectivity index (χ1) is 16.5. The molecule has 1 aliphatic carbocycles. The minimum atomic E-state index is -0.717. The van der Waals surface area contributed by atoms with Crippen molar-refractivity contribution < 1.29 is 9.59 Å². The number of H-pyrrole nitrogens is 1. The van der Waals surface area contributed by atoms with E-state index in [1.165, 1.54) is 0 Å². The molecular weight excluding hydrogens is 434 g/mol. The Labute approximate surface area is 196 Å². The second-order valence-corrected chi connectivity index (χ2v) is 9.93. The molecule has 34 heavy (non-hydrogen) atoms. The third kappa shape index (κ3) is 3.28. The number of nitrogens with one attached hydrogen (secondary N) is 1. The third-order valence-electron chi connectivity index (χ3n) is 7.98. The molecule has 1 aromatic carbocycles. The van der Waals surface area contributed by atoms with Gasteiger partial charge in [0.25, 0.3) is 0 Å². The van der Waals surface area contributed by atoms with Gasteiger partial charge in [0, 0.05) is 30.7 Å². The zero-order chi connectivity index (χ0) is 23.6. The number of benzene rings is 1. The number of carbonyl (C=O) groups excluding carboxylic acids is 2. The van der Waals surface area contributed by atoms with Crippen molar-refractivity contribution in [1.29, 1.82) is 5.26 Å². The van der Waals surface area contributed by atoms with Crippen LogP contribution in [0.3, 0.4) is 0 Å². The normalized spacial score (nSPS) is 31.4. The van der Waals surface area contributed by atoms with E-state index < -0.39 is 6.04 Å². The molecule has 4 fully saturated rings. The number of likely N-dealkylation sites (tertiary alicyclic amines) is 3. The first kappa shape index (κ1) is 21.2. The van der Waals surface area contributed by atoms with Crippen LogP contribution in [-0.2, 0) is 9.59 Å². The van der Waals surface area contributed by atoms with Crippen LogP contribution in [0.25, 0.3) is 11.4 Å². The Kier molecular flexibility index (Phi) is 4.89. The number of tetrazole rings is 1. The molecule has 3 saturated heterocycles. The average molecular weight is 462 g/mol. The minimum Gasteiger partial charge on any atom is -0.330 e. The zero-order valence-corrected chi connectivity index (χ0v) is 18.9. The number of amides is 2. The number of nitrogens with zero attached hydrogens (tertiary/aromatic N) is 7. The Bertz CT molecular complexity index is 1140. The predicted molar refractivity (Wildman–Crippen MR) is 119 cm³/mol. The summed E-state index contributed by atoms with van der Waals surface area (Å²) in [6.45, 7) is 3.10. The summed E-state index contributed by atoms with van der Waals surface area (Å²) in [6, 6.07) is 9.00. The van der Waals surface area contributed by atoms with E-state index in [-0.39, 0.29) is 42.0 Å². The van der Waals surface area contributed by atoms with Crippen LogP contribution in [0, 0.1) is 17.2 Å². The van der Waals surface area contributed by atoms with E-state index in [1.54, 1.807) is 4.90 Å². The molecule has 11 heteroatoms. The number of fused-ring (bicyclic) bond motifs is 3. The lowest BCUT2D eigenvalue weighted by Gasteiger charge is -2.38. The highest BCUT2D eigenvalue weighted by molar-refractivity contribution is 5.87. The van der Waals surface area contributed by atoms with Crippen molar-refractivity contribution in [2.45, 2.75) is 62.4 Å². The summed E-state index contributed by atoms with van der Waals surface area (Å²) < 4.78 is 0. The van der Waals surface area contributed by atoms with Crippen molar-refractivity contribution in [3.8, 4) is 17.5 Å². The number of hydrogen-bond acceptors (Lipinski definition) is 8. The lowest BCUT2D eigenvalue weighted by Crippen LogP contribution is -2.57. The molecule has 0 radical (unpaired) electrons. The molecule has 2 aromatic rings. The molecule has 11 nitrogen and oxygen atoms in total. The molecule has 3 aliphatic heterocycles. The lowest BCUT2D eigenvalue weighted by atomic mass is 10.0. The maximum atomic E-state index is 13.3. The Balaban J connectivity index is 1.10. The first-order valence-electron chi connectivity index (χ1n) is 11.8. The van der Waals surface area contributed by atoms with E-state index in [4.69, 9.17) is 5.73 Å². The Hall–Kier alpha value is -3.36. The summed E-state index contributed by atoms with van der Waals surface area (Å²) in [5.41, 5.74) is 8.21. The third-order valence-corrected chi connectivity index (χ3v) is 7.98. The molecule has 6 rings (SSSR count). The molecule has 1 aromatic heterocycles. The van der Waals surface area contributed by atoms with Gasteiger partial charge in [0.05, 0.1) is 24.2 Å². The molecule has 1 saturated carbocycles. The van der Waals surface area contributed by atoms with Crippen molar-refractivity contribution >= 4 is 11.8 Å². The van der Waals surface area contributed by atoms with E-state index in [0.717, 1.165) is 30.4 Å². The van der Waals surface area contributed by atoms with Crippen LogP contribution in [-0.4, -0.2) is 90.4 Å². The molecule has 0 unspecified atom stereocenters. The van der Waals surface area contributed by atoms with Crippen molar-refractivity contribution in [3.05, 3.63) is 29.8 Å².